The fourth-order valence-corrected chi connectivity index (χ4v) is 3.43. The molecule has 0 bridgehead atoms. The lowest BCUT2D eigenvalue weighted by atomic mass is 10.1. The maximum absolute atomic E-state index is 12.5. The van der Waals surface area contributed by atoms with E-state index in [4.69, 9.17) is 0 Å². The van der Waals surface area contributed by atoms with Crippen molar-refractivity contribution in [2.75, 3.05) is 31.1 Å². The first-order valence-corrected chi connectivity index (χ1v) is 8.25. The Morgan fingerprint density at radius 3 is 2.64 bits per heavy atom. The Balaban J connectivity index is 1.59. The van der Waals surface area contributed by atoms with Gasteiger partial charge in [-0.25, -0.2) is 4.98 Å². The molecule has 0 aromatic carbocycles. The van der Waals surface area contributed by atoms with E-state index < -0.39 is 0 Å². The van der Waals surface area contributed by atoms with Crippen LogP contribution in [0.15, 0.2) is 35.8 Å². The van der Waals surface area contributed by atoms with E-state index in [1.807, 2.05) is 29.3 Å². The second-order valence-electron chi connectivity index (χ2n) is 5.42. The van der Waals surface area contributed by atoms with Crippen molar-refractivity contribution in [2.45, 2.75) is 12.8 Å². The minimum Gasteiger partial charge on any atom is -0.506 e. The average Bonchev–Trinajstić information content (AvgIpc) is 3.09. The predicted molar refractivity (Wildman–Crippen MR) is 87.4 cm³/mol. The SMILES string of the molecule is CC(C(=O)N1CCN(c2ccc(O)cn2)CC1)c1cccs1. The first-order chi connectivity index (χ1) is 10.6. The largest absolute Gasteiger partial charge is 0.506 e. The van der Waals surface area contributed by atoms with Gasteiger partial charge in [0.05, 0.1) is 12.1 Å². The van der Waals surface area contributed by atoms with Crippen LogP contribution < -0.4 is 4.90 Å². The molecule has 3 heterocycles. The third kappa shape index (κ3) is 3.06. The Labute approximate surface area is 133 Å². The van der Waals surface area contributed by atoms with Crippen molar-refractivity contribution in [3.05, 3.63) is 40.7 Å². The van der Waals surface area contributed by atoms with Crippen LogP contribution >= 0.6 is 11.3 Å². The number of piperazine rings is 1. The molecular formula is C16H19N3O2S. The lowest BCUT2D eigenvalue weighted by Gasteiger charge is -2.36. The van der Waals surface area contributed by atoms with E-state index in [1.165, 1.54) is 6.20 Å². The summed E-state index contributed by atoms with van der Waals surface area (Å²) in [4.78, 5) is 22.0. The monoisotopic (exact) mass is 317 g/mol. The van der Waals surface area contributed by atoms with E-state index in [-0.39, 0.29) is 17.6 Å². The number of carbonyl (C=O) groups excluding carboxylic acids is 1. The number of thiophene rings is 1. The van der Waals surface area contributed by atoms with E-state index in [9.17, 15) is 9.90 Å². The molecular weight excluding hydrogens is 298 g/mol. The Morgan fingerprint density at radius 1 is 1.27 bits per heavy atom. The smallest absolute Gasteiger partial charge is 0.230 e. The van der Waals surface area contributed by atoms with Crippen molar-refractivity contribution in [2.24, 2.45) is 0 Å². The number of aromatic nitrogens is 1. The van der Waals surface area contributed by atoms with Gasteiger partial charge in [0, 0.05) is 31.1 Å². The van der Waals surface area contributed by atoms with Crippen LogP contribution in [-0.4, -0.2) is 47.1 Å². The summed E-state index contributed by atoms with van der Waals surface area (Å²) in [5.74, 6) is 1.14. The number of carbonyl (C=O) groups is 1. The molecule has 2 aromatic rings. The topological polar surface area (TPSA) is 56.7 Å². The number of pyridine rings is 1. The molecule has 1 atom stereocenters. The maximum Gasteiger partial charge on any atom is 0.230 e. The summed E-state index contributed by atoms with van der Waals surface area (Å²) in [5, 5.41) is 11.3. The summed E-state index contributed by atoms with van der Waals surface area (Å²) in [6.45, 7) is 4.91. The highest BCUT2D eigenvalue weighted by Crippen LogP contribution is 2.24. The molecule has 1 fully saturated rings. The van der Waals surface area contributed by atoms with Crippen LogP contribution in [0.1, 0.15) is 17.7 Å². The number of rotatable bonds is 3. The van der Waals surface area contributed by atoms with Crippen LogP contribution in [0, 0.1) is 0 Å². The van der Waals surface area contributed by atoms with Gasteiger partial charge in [0.2, 0.25) is 5.91 Å². The Hall–Kier alpha value is -2.08. The van der Waals surface area contributed by atoms with Crippen LogP contribution in [0.25, 0.3) is 0 Å². The highest BCUT2D eigenvalue weighted by Gasteiger charge is 2.26. The molecule has 116 valence electrons. The van der Waals surface area contributed by atoms with Gasteiger partial charge in [-0.2, -0.15) is 0 Å². The van der Waals surface area contributed by atoms with Crippen molar-refractivity contribution in [1.29, 1.82) is 0 Å². The van der Waals surface area contributed by atoms with Gasteiger partial charge in [-0.15, -0.1) is 11.3 Å². The van der Waals surface area contributed by atoms with Crippen molar-refractivity contribution in [3.63, 3.8) is 0 Å². The summed E-state index contributed by atoms with van der Waals surface area (Å²) in [5.41, 5.74) is 0. The molecule has 0 spiro atoms. The molecule has 1 saturated heterocycles. The Bertz CT molecular complexity index is 619. The van der Waals surface area contributed by atoms with E-state index >= 15 is 0 Å². The Kier molecular flexibility index (Phi) is 4.29. The van der Waals surface area contributed by atoms with E-state index in [2.05, 4.69) is 9.88 Å². The van der Waals surface area contributed by atoms with Crippen LogP contribution in [0.5, 0.6) is 5.75 Å². The highest BCUT2D eigenvalue weighted by atomic mass is 32.1. The van der Waals surface area contributed by atoms with Crippen molar-refractivity contribution < 1.29 is 9.90 Å². The second kappa shape index (κ2) is 6.36. The molecule has 2 aromatic heterocycles. The maximum atomic E-state index is 12.5. The zero-order valence-electron chi connectivity index (χ0n) is 12.5. The van der Waals surface area contributed by atoms with Crippen molar-refractivity contribution in [3.8, 4) is 5.75 Å². The van der Waals surface area contributed by atoms with Gasteiger partial charge in [0.1, 0.15) is 11.6 Å². The summed E-state index contributed by atoms with van der Waals surface area (Å²) < 4.78 is 0. The van der Waals surface area contributed by atoms with Crippen LogP contribution in [0.2, 0.25) is 0 Å². The zero-order chi connectivity index (χ0) is 15.5. The van der Waals surface area contributed by atoms with Gasteiger partial charge in [0.15, 0.2) is 0 Å². The van der Waals surface area contributed by atoms with Gasteiger partial charge >= 0.3 is 0 Å². The highest BCUT2D eigenvalue weighted by molar-refractivity contribution is 7.10. The van der Waals surface area contributed by atoms with Crippen molar-refractivity contribution >= 4 is 23.1 Å². The van der Waals surface area contributed by atoms with Crippen LogP contribution in [0.3, 0.4) is 0 Å². The average molecular weight is 317 g/mol. The third-order valence-corrected chi connectivity index (χ3v) is 5.04. The minimum absolute atomic E-state index is 0.0710. The van der Waals surface area contributed by atoms with Crippen LogP contribution in [-0.2, 0) is 4.79 Å². The summed E-state index contributed by atoms with van der Waals surface area (Å²) in [6.07, 6.45) is 1.45. The quantitative estimate of drug-likeness (QED) is 0.944. The van der Waals surface area contributed by atoms with E-state index in [1.54, 1.807) is 23.5 Å². The summed E-state index contributed by atoms with van der Waals surface area (Å²) in [7, 11) is 0. The molecule has 5 nitrogen and oxygen atoms in total. The molecule has 6 heteroatoms. The number of aromatic hydroxyl groups is 1. The Morgan fingerprint density at radius 2 is 2.05 bits per heavy atom. The van der Waals surface area contributed by atoms with Crippen LogP contribution in [0.4, 0.5) is 5.82 Å². The predicted octanol–water partition coefficient (Wildman–Crippen LogP) is 2.30. The fraction of sp³-hybridized carbons (Fsp3) is 0.375. The standard InChI is InChI=1S/C16H19N3O2S/c1-12(14-3-2-10-22-14)16(21)19-8-6-18(7-9-19)15-5-4-13(20)11-17-15/h2-5,10-12,20H,6-9H2,1H3. The van der Waals surface area contributed by atoms with Gasteiger partial charge in [0.25, 0.3) is 0 Å². The number of nitrogens with zero attached hydrogens (tertiary/aromatic N) is 3. The molecule has 1 unspecified atom stereocenters. The zero-order valence-corrected chi connectivity index (χ0v) is 13.3. The first kappa shape index (κ1) is 14.8. The van der Waals surface area contributed by atoms with E-state index in [0.29, 0.717) is 13.1 Å². The summed E-state index contributed by atoms with van der Waals surface area (Å²) in [6, 6.07) is 7.45. The lowest BCUT2D eigenvalue weighted by Crippen LogP contribution is -2.50. The number of hydrogen-bond donors (Lipinski definition) is 1. The molecule has 1 amide bonds. The number of hydrogen-bond acceptors (Lipinski definition) is 5. The molecule has 0 radical (unpaired) electrons. The third-order valence-electron chi connectivity index (χ3n) is 3.99. The molecule has 1 aliphatic rings. The second-order valence-corrected chi connectivity index (χ2v) is 6.40. The van der Waals surface area contributed by atoms with Crippen molar-refractivity contribution in [1.82, 2.24) is 9.88 Å². The van der Waals surface area contributed by atoms with Gasteiger partial charge in [-0.3, -0.25) is 4.79 Å². The summed E-state index contributed by atoms with van der Waals surface area (Å²) >= 11 is 1.63. The van der Waals surface area contributed by atoms with Gasteiger partial charge < -0.3 is 14.9 Å². The lowest BCUT2D eigenvalue weighted by molar-refractivity contribution is -0.132. The molecule has 1 N–H and O–H groups in total. The minimum atomic E-state index is -0.0710. The first-order valence-electron chi connectivity index (χ1n) is 7.37. The van der Waals surface area contributed by atoms with Gasteiger partial charge in [-0.1, -0.05) is 6.07 Å². The van der Waals surface area contributed by atoms with E-state index in [0.717, 1.165) is 23.8 Å². The molecule has 0 aliphatic carbocycles. The normalized spacial score (nSPS) is 16.6. The molecule has 1 aliphatic heterocycles. The number of anilines is 1. The number of amides is 1. The molecule has 3 rings (SSSR count). The molecule has 22 heavy (non-hydrogen) atoms. The van der Waals surface area contributed by atoms with Gasteiger partial charge in [-0.05, 0) is 30.5 Å². The fourth-order valence-electron chi connectivity index (χ4n) is 2.65. The molecule has 0 saturated carbocycles.